The summed E-state index contributed by atoms with van der Waals surface area (Å²) >= 11 is 0. The molecule has 120 valence electrons. The van der Waals surface area contributed by atoms with Gasteiger partial charge in [0, 0.05) is 11.6 Å². The maximum Gasteiger partial charge on any atom is 0.308 e. The van der Waals surface area contributed by atoms with Crippen LogP contribution in [0.3, 0.4) is 0 Å². The first kappa shape index (κ1) is 16.5. The van der Waals surface area contributed by atoms with E-state index in [1.807, 2.05) is 32.0 Å². The van der Waals surface area contributed by atoms with Gasteiger partial charge in [-0.15, -0.1) is 0 Å². The van der Waals surface area contributed by atoms with Crippen LogP contribution in [0.15, 0.2) is 18.2 Å². The molecule has 1 saturated carbocycles. The number of aliphatic carboxylic acids is 1. The standard InChI is InChI=1S/C18H25NO3/c1-12-9-10-14(13(2)11-12)17(20)19-16-8-6-4-3-5-7-15(16)18(21)22/h9-11,15-16H,3-8H2,1-2H3,(H,19,20)(H,21,22). The van der Waals surface area contributed by atoms with E-state index >= 15 is 0 Å². The van der Waals surface area contributed by atoms with Crippen molar-refractivity contribution < 1.29 is 14.7 Å². The van der Waals surface area contributed by atoms with Crippen LogP contribution in [-0.2, 0) is 4.79 Å². The molecule has 1 aliphatic rings. The lowest BCUT2D eigenvalue weighted by Crippen LogP contribution is -2.44. The minimum Gasteiger partial charge on any atom is -0.481 e. The third-order valence-corrected chi connectivity index (χ3v) is 4.53. The first-order valence-corrected chi connectivity index (χ1v) is 8.10. The van der Waals surface area contributed by atoms with Crippen molar-refractivity contribution in [2.75, 3.05) is 0 Å². The number of benzene rings is 1. The van der Waals surface area contributed by atoms with E-state index in [1.165, 1.54) is 0 Å². The first-order chi connectivity index (χ1) is 10.5. The van der Waals surface area contributed by atoms with Crippen LogP contribution < -0.4 is 5.32 Å². The van der Waals surface area contributed by atoms with E-state index < -0.39 is 11.9 Å². The maximum absolute atomic E-state index is 12.5. The normalized spacial score (nSPS) is 22.5. The minimum absolute atomic E-state index is 0.158. The molecule has 2 N–H and O–H groups in total. The number of hydrogen-bond donors (Lipinski definition) is 2. The topological polar surface area (TPSA) is 66.4 Å². The number of nitrogens with one attached hydrogen (secondary N) is 1. The molecule has 1 aromatic carbocycles. The third-order valence-electron chi connectivity index (χ3n) is 4.53. The highest BCUT2D eigenvalue weighted by Gasteiger charge is 2.30. The zero-order valence-corrected chi connectivity index (χ0v) is 13.4. The number of carboxylic acid groups (broad SMARTS) is 1. The molecule has 4 heteroatoms. The molecule has 0 spiro atoms. The number of carbonyl (C=O) groups is 2. The highest BCUT2D eigenvalue weighted by molar-refractivity contribution is 5.96. The Morgan fingerprint density at radius 3 is 2.41 bits per heavy atom. The molecule has 1 aromatic rings. The number of carboxylic acids is 1. The number of amides is 1. The Hall–Kier alpha value is -1.84. The van der Waals surface area contributed by atoms with Crippen LogP contribution in [0.4, 0.5) is 0 Å². The van der Waals surface area contributed by atoms with Crippen LogP contribution in [0.1, 0.15) is 60.0 Å². The van der Waals surface area contributed by atoms with Gasteiger partial charge in [-0.2, -0.15) is 0 Å². The summed E-state index contributed by atoms with van der Waals surface area (Å²) in [6.07, 6.45) is 5.49. The van der Waals surface area contributed by atoms with Gasteiger partial charge >= 0.3 is 5.97 Å². The fourth-order valence-electron chi connectivity index (χ4n) is 3.27. The number of rotatable bonds is 3. The van der Waals surface area contributed by atoms with Gasteiger partial charge in [0.25, 0.3) is 5.91 Å². The van der Waals surface area contributed by atoms with Gasteiger partial charge in [-0.3, -0.25) is 9.59 Å². The number of aryl methyl sites for hydroxylation is 2. The fourth-order valence-corrected chi connectivity index (χ4v) is 3.27. The lowest BCUT2D eigenvalue weighted by molar-refractivity contribution is -0.143. The van der Waals surface area contributed by atoms with Crippen molar-refractivity contribution in [2.24, 2.45) is 5.92 Å². The summed E-state index contributed by atoms with van der Waals surface area (Å²) < 4.78 is 0. The van der Waals surface area contributed by atoms with E-state index in [9.17, 15) is 14.7 Å². The van der Waals surface area contributed by atoms with E-state index in [0.29, 0.717) is 12.0 Å². The van der Waals surface area contributed by atoms with E-state index in [-0.39, 0.29) is 11.9 Å². The molecule has 0 radical (unpaired) electrons. The molecule has 2 atom stereocenters. The highest BCUT2D eigenvalue weighted by atomic mass is 16.4. The molecule has 22 heavy (non-hydrogen) atoms. The Morgan fingerprint density at radius 2 is 1.77 bits per heavy atom. The van der Waals surface area contributed by atoms with Gasteiger partial charge in [0.1, 0.15) is 0 Å². The Labute approximate surface area is 131 Å². The fraction of sp³-hybridized carbons (Fsp3) is 0.556. The summed E-state index contributed by atoms with van der Waals surface area (Å²) in [5.74, 6) is -1.43. The second-order valence-corrected chi connectivity index (χ2v) is 6.33. The molecule has 0 aromatic heterocycles. The molecule has 0 bridgehead atoms. The Balaban J connectivity index is 2.14. The summed E-state index contributed by atoms with van der Waals surface area (Å²) in [5, 5.41) is 12.4. The smallest absolute Gasteiger partial charge is 0.308 e. The Bertz CT molecular complexity index is 553. The molecular formula is C18H25NO3. The minimum atomic E-state index is -0.798. The molecule has 1 fully saturated rings. The van der Waals surface area contributed by atoms with Crippen molar-refractivity contribution in [3.63, 3.8) is 0 Å². The van der Waals surface area contributed by atoms with E-state index in [1.54, 1.807) is 0 Å². The van der Waals surface area contributed by atoms with Gasteiger partial charge in [0.05, 0.1) is 5.92 Å². The number of carbonyl (C=O) groups excluding carboxylic acids is 1. The zero-order chi connectivity index (χ0) is 16.1. The summed E-state index contributed by atoms with van der Waals surface area (Å²) in [5.41, 5.74) is 2.68. The van der Waals surface area contributed by atoms with Crippen LogP contribution in [0.2, 0.25) is 0 Å². The van der Waals surface area contributed by atoms with Crippen LogP contribution in [0.25, 0.3) is 0 Å². The van der Waals surface area contributed by atoms with Gasteiger partial charge in [0.2, 0.25) is 0 Å². The summed E-state index contributed by atoms with van der Waals surface area (Å²) in [6.45, 7) is 3.90. The predicted octanol–water partition coefficient (Wildman–Crippen LogP) is 3.46. The van der Waals surface area contributed by atoms with E-state index in [4.69, 9.17) is 0 Å². The molecule has 0 saturated heterocycles. The SMILES string of the molecule is Cc1ccc(C(=O)NC2CCCCCCC2C(=O)O)c(C)c1. The van der Waals surface area contributed by atoms with Crippen molar-refractivity contribution in [1.82, 2.24) is 5.32 Å². The molecule has 2 rings (SSSR count). The Morgan fingerprint density at radius 1 is 1.09 bits per heavy atom. The molecule has 1 amide bonds. The molecule has 1 aliphatic carbocycles. The van der Waals surface area contributed by atoms with E-state index in [2.05, 4.69) is 5.32 Å². The lowest BCUT2D eigenvalue weighted by Gasteiger charge is -2.27. The average molecular weight is 303 g/mol. The monoisotopic (exact) mass is 303 g/mol. The summed E-state index contributed by atoms with van der Waals surface area (Å²) in [7, 11) is 0. The van der Waals surface area contributed by atoms with Gasteiger partial charge in [-0.05, 0) is 38.3 Å². The van der Waals surface area contributed by atoms with Crippen LogP contribution in [0.5, 0.6) is 0 Å². The molecule has 2 unspecified atom stereocenters. The van der Waals surface area contributed by atoms with Crippen molar-refractivity contribution in [3.8, 4) is 0 Å². The van der Waals surface area contributed by atoms with E-state index in [0.717, 1.165) is 43.2 Å². The second-order valence-electron chi connectivity index (χ2n) is 6.33. The van der Waals surface area contributed by atoms with Gasteiger partial charge < -0.3 is 10.4 Å². The summed E-state index contributed by atoms with van der Waals surface area (Å²) in [4.78, 5) is 24.0. The zero-order valence-electron chi connectivity index (χ0n) is 13.4. The largest absolute Gasteiger partial charge is 0.481 e. The molecule has 0 heterocycles. The van der Waals surface area contributed by atoms with Gasteiger partial charge in [-0.25, -0.2) is 0 Å². The lowest BCUT2D eigenvalue weighted by atomic mass is 9.86. The molecule has 4 nitrogen and oxygen atoms in total. The second kappa shape index (κ2) is 7.43. The molecular weight excluding hydrogens is 278 g/mol. The first-order valence-electron chi connectivity index (χ1n) is 8.10. The maximum atomic E-state index is 12.5. The van der Waals surface area contributed by atoms with Crippen LogP contribution in [0, 0.1) is 19.8 Å². The van der Waals surface area contributed by atoms with Crippen molar-refractivity contribution >= 4 is 11.9 Å². The summed E-state index contributed by atoms with van der Waals surface area (Å²) in [6, 6.07) is 5.43. The third kappa shape index (κ3) is 4.09. The predicted molar refractivity (Wildman–Crippen MR) is 86.0 cm³/mol. The van der Waals surface area contributed by atoms with Crippen LogP contribution >= 0.6 is 0 Å². The van der Waals surface area contributed by atoms with Gasteiger partial charge in [-0.1, -0.05) is 43.4 Å². The highest BCUT2D eigenvalue weighted by Crippen LogP contribution is 2.24. The molecule has 0 aliphatic heterocycles. The quantitative estimate of drug-likeness (QED) is 0.898. The van der Waals surface area contributed by atoms with Crippen molar-refractivity contribution in [2.45, 2.75) is 58.4 Å². The Kier molecular flexibility index (Phi) is 5.58. The van der Waals surface area contributed by atoms with Crippen LogP contribution in [-0.4, -0.2) is 23.0 Å². The number of hydrogen-bond acceptors (Lipinski definition) is 2. The van der Waals surface area contributed by atoms with Crippen molar-refractivity contribution in [3.05, 3.63) is 34.9 Å². The average Bonchev–Trinajstić information content (AvgIpc) is 2.41. The van der Waals surface area contributed by atoms with Crippen molar-refractivity contribution in [1.29, 1.82) is 0 Å². The van der Waals surface area contributed by atoms with Gasteiger partial charge in [0.15, 0.2) is 0 Å².